The van der Waals surface area contributed by atoms with Crippen LogP contribution < -0.4 is 0 Å². The standard InChI is InChI=1S/C16H13NO3/c1-12-6-8-13(9-7-12)10-11-16(18)14-4-2-3-5-15(14)17(19)20/h2-11H,1H3. The monoisotopic (exact) mass is 267 g/mol. The Morgan fingerprint density at radius 2 is 1.75 bits per heavy atom. The molecule has 4 heteroatoms. The molecule has 0 radical (unpaired) electrons. The highest BCUT2D eigenvalue weighted by atomic mass is 16.6. The van der Waals surface area contributed by atoms with Gasteiger partial charge in [-0.3, -0.25) is 14.9 Å². The van der Waals surface area contributed by atoms with Crippen LogP contribution in [0.25, 0.3) is 6.08 Å². The van der Waals surface area contributed by atoms with Crippen LogP contribution in [0, 0.1) is 17.0 Å². The summed E-state index contributed by atoms with van der Waals surface area (Å²) in [6.07, 6.45) is 3.01. The molecule has 100 valence electrons. The highest BCUT2D eigenvalue weighted by Gasteiger charge is 2.16. The number of hydrogen-bond donors (Lipinski definition) is 0. The molecule has 0 aliphatic carbocycles. The maximum Gasteiger partial charge on any atom is 0.280 e. The van der Waals surface area contributed by atoms with Gasteiger partial charge in [-0.05, 0) is 24.6 Å². The van der Waals surface area contributed by atoms with Crippen molar-refractivity contribution in [2.24, 2.45) is 0 Å². The summed E-state index contributed by atoms with van der Waals surface area (Å²) in [5.74, 6) is -0.377. The lowest BCUT2D eigenvalue weighted by atomic mass is 10.1. The van der Waals surface area contributed by atoms with Crippen LogP contribution >= 0.6 is 0 Å². The molecule has 2 aromatic rings. The molecule has 0 aromatic heterocycles. The zero-order valence-corrected chi connectivity index (χ0v) is 10.9. The zero-order valence-electron chi connectivity index (χ0n) is 10.9. The number of nitrogens with zero attached hydrogens (tertiary/aromatic N) is 1. The lowest BCUT2D eigenvalue weighted by molar-refractivity contribution is -0.385. The highest BCUT2D eigenvalue weighted by molar-refractivity contribution is 6.09. The Hall–Kier alpha value is -2.75. The lowest BCUT2D eigenvalue weighted by Gasteiger charge is -1.98. The van der Waals surface area contributed by atoms with E-state index in [1.54, 1.807) is 18.2 Å². The Labute approximate surface area is 116 Å². The molecule has 0 saturated carbocycles. The maximum absolute atomic E-state index is 12.0. The fraction of sp³-hybridized carbons (Fsp3) is 0.0625. The van der Waals surface area contributed by atoms with Crippen molar-refractivity contribution in [1.29, 1.82) is 0 Å². The normalized spacial score (nSPS) is 10.7. The number of hydrogen-bond acceptors (Lipinski definition) is 3. The predicted molar refractivity (Wildman–Crippen MR) is 77.6 cm³/mol. The number of aryl methyl sites for hydroxylation is 1. The van der Waals surface area contributed by atoms with Gasteiger partial charge in [-0.15, -0.1) is 0 Å². The first kappa shape index (κ1) is 13.7. The number of carbonyl (C=O) groups is 1. The van der Waals surface area contributed by atoms with E-state index in [-0.39, 0.29) is 17.0 Å². The second-order valence-corrected chi connectivity index (χ2v) is 4.38. The minimum absolute atomic E-state index is 0.0980. The molecule has 0 atom stereocenters. The molecule has 0 aliphatic heterocycles. The smallest absolute Gasteiger partial charge is 0.280 e. The molecule has 0 N–H and O–H groups in total. The van der Waals surface area contributed by atoms with Gasteiger partial charge < -0.3 is 0 Å². The SMILES string of the molecule is Cc1ccc(C=CC(=O)c2ccccc2[N+](=O)[O-])cc1. The van der Waals surface area contributed by atoms with Gasteiger partial charge in [-0.25, -0.2) is 0 Å². The number of carbonyl (C=O) groups excluding carboxylic acids is 1. The third kappa shape index (κ3) is 3.17. The molecule has 0 spiro atoms. The van der Waals surface area contributed by atoms with Gasteiger partial charge in [0.25, 0.3) is 5.69 Å². The molecule has 2 rings (SSSR count). The number of nitro groups is 1. The summed E-state index contributed by atoms with van der Waals surface area (Å²) in [5.41, 5.74) is 1.93. The lowest BCUT2D eigenvalue weighted by Crippen LogP contribution is -2.00. The molecule has 0 saturated heterocycles. The third-order valence-corrected chi connectivity index (χ3v) is 2.87. The summed E-state index contributed by atoms with van der Waals surface area (Å²) in [5, 5.41) is 10.9. The van der Waals surface area contributed by atoms with E-state index in [1.807, 2.05) is 31.2 Å². The van der Waals surface area contributed by atoms with Crippen molar-refractivity contribution in [3.8, 4) is 0 Å². The van der Waals surface area contributed by atoms with E-state index in [0.717, 1.165) is 11.1 Å². The number of allylic oxidation sites excluding steroid dienone is 1. The number of ketones is 1. The molecule has 0 aliphatic rings. The van der Waals surface area contributed by atoms with Gasteiger partial charge in [0.15, 0.2) is 5.78 Å². The van der Waals surface area contributed by atoms with E-state index >= 15 is 0 Å². The van der Waals surface area contributed by atoms with E-state index < -0.39 is 4.92 Å². The van der Waals surface area contributed by atoms with Crippen molar-refractivity contribution < 1.29 is 9.72 Å². The van der Waals surface area contributed by atoms with Crippen molar-refractivity contribution in [2.75, 3.05) is 0 Å². The van der Waals surface area contributed by atoms with Crippen LogP contribution in [0.3, 0.4) is 0 Å². The minimum Gasteiger partial charge on any atom is -0.289 e. The van der Waals surface area contributed by atoms with Gasteiger partial charge in [0, 0.05) is 6.07 Å². The van der Waals surface area contributed by atoms with Crippen LogP contribution in [-0.2, 0) is 0 Å². The van der Waals surface area contributed by atoms with Crippen LogP contribution in [0.15, 0.2) is 54.6 Å². The minimum atomic E-state index is -0.549. The quantitative estimate of drug-likeness (QED) is 0.366. The Bertz CT molecular complexity index is 672. The second-order valence-electron chi connectivity index (χ2n) is 4.38. The molecule has 0 heterocycles. The third-order valence-electron chi connectivity index (χ3n) is 2.87. The number of benzene rings is 2. The molecular weight excluding hydrogens is 254 g/mol. The van der Waals surface area contributed by atoms with Crippen molar-refractivity contribution >= 4 is 17.5 Å². The van der Waals surface area contributed by atoms with Crippen molar-refractivity contribution in [3.63, 3.8) is 0 Å². The molecule has 0 bridgehead atoms. The Morgan fingerprint density at radius 3 is 2.40 bits per heavy atom. The Kier molecular flexibility index (Phi) is 4.05. The largest absolute Gasteiger partial charge is 0.289 e. The first-order valence-corrected chi connectivity index (χ1v) is 6.10. The van der Waals surface area contributed by atoms with Crippen LogP contribution in [0.2, 0.25) is 0 Å². The molecule has 4 nitrogen and oxygen atoms in total. The number of nitro benzene ring substituents is 1. The molecule has 0 unspecified atom stereocenters. The van der Waals surface area contributed by atoms with E-state index in [9.17, 15) is 14.9 Å². The zero-order chi connectivity index (χ0) is 14.5. The molecular formula is C16H13NO3. The van der Waals surface area contributed by atoms with Crippen LogP contribution in [-0.4, -0.2) is 10.7 Å². The summed E-state index contributed by atoms with van der Waals surface area (Å²) in [4.78, 5) is 22.3. The summed E-state index contributed by atoms with van der Waals surface area (Å²) >= 11 is 0. The van der Waals surface area contributed by atoms with E-state index in [1.165, 1.54) is 18.2 Å². The average Bonchev–Trinajstić information content (AvgIpc) is 2.46. The van der Waals surface area contributed by atoms with Crippen molar-refractivity contribution in [1.82, 2.24) is 0 Å². The first-order chi connectivity index (χ1) is 9.58. The fourth-order valence-electron chi connectivity index (χ4n) is 1.78. The van der Waals surface area contributed by atoms with Crippen LogP contribution in [0.1, 0.15) is 21.5 Å². The summed E-state index contributed by atoms with van der Waals surface area (Å²) in [7, 11) is 0. The van der Waals surface area contributed by atoms with Crippen molar-refractivity contribution in [3.05, 3.63) is 81.4 Å². The fourth-order valence-corrected chi connectivity index (χ4v) is 1.78. The van der Waals surface area contributed by atoms with Gasteiger partial charge in [-0.1, -0.05) is 48.0 Å². The van der Waals surface area contributed by atoms with Gasteiger partial charge in [0.2, 0.25) is 0 Å². The van der Waals surface area contributed by atoms with Crippen molar-refractivity contribution in [2.45, 2.75) is 6.92 Å². The molecule has 2 aromatic carbocycles. The number of rotatable bonds is 4. The maximum atomic E-state index is 12.0. The van der Waals surface area contributed by atoms with Gasteiger partial charge in [-0.2, -0.15) is 0 Å². The van der Waals surface area contributed by atoms with E-state index in [4.69, 9.17) is 0 Å². The Balaban J connectivity index is 2.24. The van der Waals surface area contributed by atoms with Gasteiger partial charge >= 0.3 is 0 Å². The summed E-state index contributed by atoms with van der Waals surface area (Å²) in [6.45, 7) is 1.98. The second kappa shape index (κ2) is 5.93. The average molecular weight is 267 g/mol. The summed E-state index contributed by atoms with van der Waals surface area (Å²) in [6, 6.07) is 13.6. The van der Waals surface area contributed by atoms with Gasteiger partial charge in [0.1, 0.15) is 0 Å². The highest BCUT2D eigenvalue weighted by Crippen LogP contribution is 2.19. The predicted octanol–water partition coefficient (Wildman–Crippen LogP) is 3.80. The van der Waals surface area contributed by atoms with Gasteiger partial charge in [0.05, 0.1) is 10.5 Å². The van der Waals surface area contributed by atoms with Crippen LogP contribution in [0.5, 0.6) is 0 Å². The van der Waals surface area contributed by atoms with Crippen LogP contribution in [0.4, 0.5) is 5.69 Å². The molecule has 20 heavy (non-hydrogen) atoms. The number of para-hydroxylation sites is 1. The first-order valence-electron chi connectivity index (χ1n) is 6.10. The van der Waals surface area contributed by atoms with E-state index in [2.05, 4.69) is 0 Å². The topological polar surface area (TPSA) is 60.2 Å². The molecule has 0 amide bonds. The Morgan fingerprint density at radius 1 is 1.10 bits per heavy atom. The summed E-state index contributed by atoms with van der Waals surface area (Å²) < 4.78 is 0. The molecule has 0 fully saturated rings. The van der Waals surface area contributed by atoms with E-state index in [0.29, 0.717) is 0 Å².